The fourth-order valence-electron chi connectivity index (χ4n) is 3.12. The Morgan fingerprint density at radius 3 is 1.04 bits per heavy atom. The largest absolute Gasteiger partial charge is 0.508 e. The molecule has 12 N–H and O–H groups in total. The molecule has 0 heterocycles. The van der Waals surface area contributed by atoms with Crippen molar-refractivity contribution in [2.45, 2.75) is 4.90 Å². The molecule has 19 heteroatoms. The third kappa shape index (κ3) is 17.8. The highest BCUT2D eigenvalue weighted by molar-refractivity contribution is 7.85. The lowest BCUT2D eigenvalue weighted by atomic mass is 10.2. The van der Waals surface area contributed by atoms with Crippen LogP contribution in [0.3, 0.4) is 0 Å². The second-order valence-corrected chi connectivity index (χ2v) is 10.8. The maximum atomic E-state index is 10.6. The van der Waals surface area contributed by atoms with Gasteiger partial charge in [-0.15, -0.1) is 0 Å². The fourth-order valence-corrected chi connectivity index (χ4v) is 3.62. The standard InChI is InChI=1S/3C8H9NO3.C7H6O6S/c3*10-7-3-1-6(2-4-7)9-5-8(11)12;8-6-2-1-4(14(11,12)13)3-5(6)7(9)10/h3*1-4,9-10H,5H2,(H,11,12);1-3,8H,(H,9,10)(H,11,12,13). The van der Waals surface area contributed by atoms with Crippen LogP contribution < -0.4 is 16.0 Å². The SMILES string of the molecule is O=C(O)CNc1ccc(O)cc1.O=C(O)CNc1ccc(O)cc1.O=C(O)CNc1ccc(O)cc1.O=C(O)c1cc(S(=O)(=O)O)ccc1O. The Kier molecular flexibility index (Phi) is 16.9. The molecule has 18 nitrogen and oxygen atoms in total. The van der Waals surface area contributed by atoms with Gasteiger partial charge < -0.3 is 56.8 Å². The molecule has 0 atom stereocenters. The van der Waals surface area contributed by atoms with E-state index in [4.69, 9.17) is 45.4 Å². The molecule has 0 saturated heterocycles. The molecule has 4 aromatic carbocycles. The molecule has 0 saturated carbocycles. The van der Waals surface area contributed by atoms with E-state index in [9.17, 15) is 27.6 Å². The minimum Gasteiger partial charge on any atom is -0.508 e. The van der Waals surface area contributed by atoms with Crippen molar-refractivity contribution in [2.24, 2.45) is 0 Å². The van der Waals surface area contributed by atoms with Gasteiger partial charge >= 0.3 is 23.9 Å². The molecule has 0 aliphatic carbocycles. The third-order valence-electron chi connectivity index (χ3n) is 5.43. The minimum atomic E-state index is -4.45. The summed E-state index contributed by atoms with van der Waals surface area (Å²) < 4.78 is 29.8. The lowest BCUT2D eigenvalue weighted by molar-refractivity contribution is -0.135. The van der Waals surface area contributed by atoms with Gasteiger partial charge in [0, 0.05) is 17.1 Å². The number of carboxylic acids is 4. The van der Waals surface area contributed by atoms with E-state index in [1.54, 1.807) is 36.4 Å². The number of benzene rings is 4. The normalized spacial score (nSPS) is 9.86. The molecule has 4 rings (SSSR count). The van der Waals surface area contributed by atoms with Crippen molar-refractivity contribution in [1.29, 1.82) is 0 Å². The second kappa shape index (κ2) is 20.5. The number of rotatable bonds is 11. The van der Waals surface area contributed by atoms with Crippen LogP contribution in [0.25, 0.3) is 0 Å². The first-order valence-corrected chi connectivity index (χ1v) is 15.1. The average molecular weight is 720 g/mol. The Morgan fingerprint density at radius 1 is 0.500 bits per heavy atom. The number of hydrogen-bond donors (Lipinski definition) is 12. The lowest BCUT2D eigenvalue weighted by Crippen LogP contribution is -2.11. The van der Waals surface area contributed by atoms with Gasteiger partial charge in [-0.2, -0.15) is 8.42 Å². The molecule has 0 bridgehead atoms. The van der Waals surface area contributed by atoms with E-state index in [1.165, 1.54) is 36.4 Å². The number of phenols is 4. The van der Waals surface area contributed by atoms with Crippen LogP contribution in [0.1, 0.15) is 10.4 Å². The van der Waals surface area contributed by atoms with Crippen LogP contribution in [0.2, 0.25) is 0 Å². The van der Waals surface area contributed by atoms with Crippen molar-refractivity contribution in [3.8, 4) is 23.0 Å². The number of aromatic hydroxyl groups is 4. The van der Waals surface area contributed by atoms with E-state index in [0.717, 1.165) is 12.1 Å². The van der Waals surface area contributed by atoms with Gasteiger partial charge in [0.05, 0.1) is 4.90 Å². The van der Waals surface area contributed by atoms with E-state index in [-0.39, 0.29) is 36.9 Å². The third-order valence-corrected chi connectivity index (χ3v) is 6.28. The zero-order valence-electron chi connectivity index (χ0n) is 25.7. The number of carboxylic acid groups (broad SMARTS) is 4. The van der Waals surface area contributed by atoms with E-state index < -0.39 is 50.2 Å². The summed E-state index contributed by atoms with van der Waals surface area (Å²) >= 11 is 0. The summed E-state index contributed by atoms with van der Waals surface area (Å²) in [4.78, 5) is 40.3. The summed E-state index contributed by atoms with van der Waals surface area (Å²) in [6.45, 7) is -0.361. The summed E-state index contributed by atoms with van der Waals surface area (Å²) in [6, 6.07) is 21.1. The first-order valence-electron chi connectivity index (χ1n) is 13.6. The zero-order valence-corrected chi connectivity index (χ0v) is 26.5. The van der Waals surface area contributed by atoms with Crippen molar-refractivity contribution in [3.05, 3.63) is 96.6 Å². The average Bonchev–Trinajstić information content (AvgIpc) is 3.04. The summed E-state index contributed by atoms with van der Waals surface area (Å²) in [7, 11) is -4.45. The summed E-state index contributed by atoms with van der Waals surface area (Å²) in [5.41, 5.74) is 1.45. The van der Waals surface area contributed by atoms with Crippen LogP contribution in [0.15, 0.2) is 95.9 Å². The quantitative estimate of drug-likeness (QED) is 0.0782. The Hall–Kier alpha value is -6.73. The summed E-state index contributed by atoms with van der Waals surface area (Å²) in [6.07, 6.45) is 0. The van der Waals surface area contributed by atoms with Gasteiger partial charge in [-0.1, -0.05) is 0 Å². The molecule has 0 spiro atoms. The van der Waals surface area contributed by atoms with Crippen LogP contribution in [0.5, 0.6) is 23.0 Å². The number of aliphatic carboxylic acids is 3. The van der Waals surface area contributed by atoms with Gasteiger partial charge in [0.1, 0.15) is 48.2 Å². The first kappa shape index (κ1) is 41.3. The van der Waals surface area contributed by atoms with Crippen LogP contribution in [-0.4, -0.2) is 97.3 Å². The maximum Gasteiger partial charge on any atom is 0.339 e. The van der Waals surface area contributed by atoms with Crippen molar-refractivity contribution in [3.63, 3.8) is 0 Å². The highest BCUT2D eigenvalue weighted by atomic mass is 32.2. The molecule has 0 amide bonds. The topological polar surface area (TPSA) is 321 Å². The smallest absolute Gasteiger partial charge is 0.339 e. The van der Waals surface area contributed by atoms with Gasteiger partial charge in [0.2, 0.25) is 0 Å². The van der Waals surface area contributed by atoms with Gasteiger partial charge in [-0.25, -0.2) is 4.79 Å². The number of aromatic carboxylic acids is 1. The monoisotopic (exact) mass is 719 g/mol. The molecule has 0 unspecified atom stereocenters. The molecule has 0 aliphatic heterocycles. The second-order valence-electron chi connectivity index (χ2n) is 9.34. The summed E-state index contributed by atoms with van der Waals surface area (Å²) in [5.74, 6) is -4.30. The van der Waals surface area contributed by atoms with Crippen molar-refractivity contribution >= 4 is 51.1 Å². The van der Waals surface area contributed by atoms with Gasteiger partial charge in [0.15, 0.2) is 0 Å². The van der Waals surface area contributed by atoms with E-state index >= 15 is 0 Å². The zero-order chi connectivity index (χ0) is 37.9. The molecule has 268 valence electrons. The van der Waals surface area contributed by atoms with E-state index in [2.05, 4.69) is 16.0 Å². The molecule has 0 radical (unpaired) electrons. The Bertz CT molecular complexity index is 1670. The van der Waals surface area contributed by atoms with Gasteiger partial charge in [0.25, 0.3) is 10.1 Å². The van der Waals surface area contributed by atoms with Crippen LogP contribution in [0, 0.1) is 0 Å². The first-order chi connectivity index (χ1) is 23.4. The molecule has 0 fully saturated rings. The molecule has 50 heavy (non-hydrogen) atoms. The highest BCUT2D eigenvalue weighted by Gasteiger charge is 2.16. The predicted octanol–water partition coefficient (Wildman–Crippen LogP) is 3.00. The number of hydrogen-bond acceptors (Lipinski definition) is 13. The van der Waals surface area contributed by atoms with Gasteiger partial charge in [-0.3, -0.25) is 18.9 Å². The van der Waals surface area contributed by atoms with Crippen LogP contribution >= 0.6 is 0 Å². The van der Waals surface area contributed by atoms with E-state index in [1.807, 2.05) is 0 Å². The van der Waals surface area contributed by atoms with Crippen molar-refractivity contribution in [1.82, 2.24) is 0 Å². The number of nitrogens with one attached hydrogen (secondary N) is 3. The molecular weight excluding hydrogens is 686 g/mol. The van der Waals surface area contributed by atoms with Crippen LogP contribution in [0.4, 0.5) is 17.1 Å². The van der Waals surface area contributed by atoms with Crippen molar-refractivity contribution < 1.29 is 73.0 Å². The molecule has 4 aromatic rings. The van der Waals surface area contributed by atoms with Gasteiger partial charge in [-0.05, 0) is 91.0 Å². The Balaban J connectivity index is 0.000000334. The Labute approximate surface area is 283 Å². The Morgan fingerprint density at radius 2 is 0.800 bits per heavy atom. The predicted molar refractivity (Wildman–Crippen MR) is 178 cm³/mol. The number of anilines is 3. The maximum absolute atomic E-state index is 10.6. The summed E-state index contributed by atoms with van der Waals surface area (Å²) in [5, 5.41) is 77.1. The minimum absolute atomic E-state index is 0.120. The molecular formula is C31H33N3O15S. The van der Waals surface area contributed by atoms with Crippen molar-refractivity contribution in [2.75, 3.05) is 35.6 Å². The van der Waals surface area contributed by atoms with E-state index in [0.29, 0.717) is 23.1 Å². The fraction of sp³-hybridized carbons (Fsp3) is 0.0968. The number of phenolic OH excluding ortho intramolecular Hbond substituents is 3. The highest BCUT2D eigenvalue weighted by Crippen LogP contribution is 2.21. The van der Waals surface area contributed by atoms with Crippen LogP contribution in [-0.2, 0) is 24.5 Å². The number of carbonyl (C=O) groups is 4. The molecule has 0 aliphatic rings. The molecule has 0 aromatic heterocycles. The lowest BCUT2D eigenvalue weighted by Gasteiger charge is -2.01.